The molecule has 0 spiro atoms. The van der Waals surface area contributed by atoms with Crippen LogP contribution in [0.5, 0.6) is 5.75 Å². The Hall–Kier alpha value is -2.02. The molecule has 1 aromatic rings. The van der Waals surface area contributed by atoms with Crippen LogP contribution in [-0.2, 0) is 4.79 Å². The first-order valence-corrected chi connectivity index (χ1v) is 7.92. The summed E-state index contributed by atoms with van der Waals surface area (Å²) in [5.74, 6) is 0.207. The van der Waals surface area contributed by atoms with Crippen LogP contribution in [0.25, 0.3) is 0 Å². The molecule has 0 saturated carbocycles. The molecule has 0 bridgehead atoms. The summed E-state index contributed by atoms with van der Waals surface area (Å²) in [5, 5.41) is 9.24. The Bertz CT molecular complexity index is 583. The van der Waals surface area contributed by atoms with E-state index in [9.17, 15) is 10.1 Å². The molecule has 0 aliphatic carbocycles. The van der Waals surface area contributed by atoms with Crippen LogP contribution in [0, 0.1) is 38.0 Å². The van der Waals surface area contributed by atoms with E-state index in [1.54, 1.807) is 4.90 Å². The summed E-state index contributed by atoms with van der Waals surface area (Å²) in [6.45, 7) is 8.10. The molecule has 4 nitrogen and oxygen atoms in total. The maximum atomic E-state index is 12.2. The van der Waals surface area contributed by atoms with Gasteiger partial charge in [-0.3, -0.25) is 4.79 Å². The van der Waals surface area contributed by atoms with Gasteiger partial charge in [0.2, 0.25) is 5.91 Å². The standard InChI is InChI=1S/C18H24N2O2/c1-13-10-15(3)17(11-14(13)2)22-9-6-16(12-19)18(21)20-7-4-5-8-20/h10-11,16H,4-9H2,1-3H3. The zero-order chi connectivity index (χ0) is 16.1. The molecule has 1 aromatic carbocycles. The second-order valence-electron chi connectivity index (χ2n) is 6.05. The predicted octanol–water partition coefficient (Wildman–Crippen LogP) is 3.14. The van der Waals surface area contributed by atoms with Gasteiger partial charge in [0, 0.05) is 19.5 Å². The van der Waals surface area contributed by atoms with Gasteiger partial charge in [0.1, 0.15) is 11.7 Å². The van der Waals surface area contributed by atoms with E-state index in [1.165, 1.54) is 11.1 Å². The second kappa shape index (κ2) is 7.31. The highest BCUT2D eigenvalue weighted by atomic mass is 16.5. The van der Waals surface area contributed by atoms with E-state index in [-0.39, 0.29) is 5.91 Å². The average Bonchev–Trinajstić information content (AvgIpc) is 3.02. The topological polar surface area (TPSA) is 53.3 Å². The van der Waals surface area contributed by atoms with Crippen LogP contribution in [0.1, 0.15) is 36.0 Å². The van der Waals surface area contributed by atoms with Crippen molar-refractivity contribution < 1.29 is 9.53 Å². The van der Waals surface area contributed by atoms with Crippen molar-refractivity contribution in [3.63, 3.8) is 0 Å². The summed E-state index contributed by atoms with van der Waals surface area (Å²) < 4.78 is 5.80. The molecule has 1 saturated heterocycles. The Balaban J connectivity index is 1.90. The molecule has 1 fully saturated rings. The highest BCUT2D eigenvalue weighted by molar-refractivity contribution is 5.81. The minimum atomic E-state index is -0.593. The highest BCUT2D eigenvalue weighted by Gasteiger charge is 2.26. The van der Waals surface area contributed by atoms with Gasteiger partial charge in [-0.2, -0.15) is 5.26 Å². The molecule has 118 valence electrons. The molecule has 0 N–H and O–H groups in total. The second-order valence-corrected chi connectivity index (χ2v) is 6.05. The van der Waals surface area contributed by atoms with E-state index in [2.05, 4.69) is 26.0 Å². The number of carbonyl (C=O) groups excluding carboxylic acids is 1. The molecule has 22 heavy (non-hydrogen) atoms. The van der Waals surface area contributed by atoms with E-state index in [0.717, 1.165) is 37.2 Å². The molecule has 0 aromatic heterocycles. The number of hydrogen-bond donors (Lipinski definition) is 0. The zero-order valence-corrected chi connectivity index (χ0v) is 13.7. The molecule has 1 amide bonds. The molecule has 1 unspecified atom stereocenters. The molecular weight excluding hydrogens is 276 g/mol. The normalized spacial score (nSPS) is 15.5. The van der Waals surface area contributed by atoms with Gasteiger partial charge in [-0.15, -0.1) is 0 Å². The third-order valence-electron chi connectivity index (χ3n) is 4.33. The van der Waals surface area contributed by atoms with Crippen LogP contribution < -0.4 is 4.74 Å². The van der Waals surface area contributed by atoms with Gasteiger partial charge in [0.05, 0.1) is 12.7 Å². The third-order valence-corrected chi connectivity index (χ3v) is 4.33. The van der Waals surface area contributed by atoms with Crippen molar-refractivity contribution in [2.24, 2.45) is 5.92 Å². The lowest BCUT2D eigenvalue weighted by Crippen LogP contribution is -2.33. The number of aryl methyl sites for hydroxylation is 3. The molecule has 1 heterocycles. The lowest BCUT2D eigenvalue weighted by atomic mass is 10.1. The smallest absolute Gasteiger partial charge is 0.240 e. The Morgan fingerprint density at radius 1 is 1.23 bits per heavy atom. The van der Waals surface area contributed by atoms with Gasteiger partial charge >= 0.3 is 0 Å². The van der Waals surface area contributed by atoms with E-state index in [1.807, 2.05) is 13.0 Å². The minimum absolute atomic E-state index is 0.0413. The van der Waals surface area contributed by atoms with Crippen molar-refractivity contribution in [2.45, 2.75) is 40.0 Å². The number of nitrogens with zero attached hydrogens (tertiary/aromatic N) is 2. The van der Waals surface area contributed by atoms with E-state index >= 15 is 0 Å². The summed E-state index contributed by atoms with van der Waals surface area (Å²) in [5.41, 5.74) is 3.51. The van der Waals surface area contributed by atoms with Gasteiger partial charge < -0.3 is 9.64 Å². The SMILES string of the molecule is Cc1cc(C)c(OCCC(C#N)C(=O)N2CCCC2)cc1C. The van der Waals surface area contributed by atoms with Gasteiger partial charge in [-0.1, -0.05) is 6.07 Å². The molecule has 2 rings (SSSR count). The Morgan fingerprint density at radius 2 is 1.86 bits per heavy atom. The number of benzene rings is 1. The minimum Gasteiger partial charge on any atom is -0.493 e. The number of ether oxygens (including phenoxy) is 1. The van der Waals surface area contributed by atoms with Crippen LogP contribution in [0.3, 0.4) is 0 Å². The lowest BCUT2D eigenvalue weighted by Gasteiger charge is -2.19. The quantitative estimate of drug-likeness (QED) is 0.839. The lowest BCUT2D eigenvalue weighted by molar-refractivity contribution is -0.133. The van der Waals surface area contributed by atoms with Crippen molar-refractivity contribution in [3.8, 4) is 11.8 Å². The van der Waals surface area contributed by atoms with Crippen molar-refractivity contribution in [3.05, 3.63) is 28.8 Å². The molecule has 4 heteroatoms. The summed E-state index contributed by atoms with van der Waals surface area (Å²) in [7, 11) is 0. The molecule has 0 radical (unpaired) electrons. The summed E-state index contributed by atoms with van der Waals surface area (Å²) in [4.78, 5) is 14.0. The number of amides is 1. The van der Waals surface area contributed by atoms with Crippen molar-refractivity contribution in [2.75, 3.05) is 19.7 Å². The first-order valence-electron chi connectivity index (χ1n) is 7.92. The fourth-order valence-electron chi connectivity index (χ4n) is 2.78. The maximum Gasteiger partial charge on any atom is 0.240 e. The van der Waals surface area contributed by atoms with E-state index < -0.39 is 5.92 Å². The summed E-state index contributed by atoms with van der Waals surface area (Å²) in [6.07, 6.45) is 2.53. The fraction of sp³-hybridized carbons (Fsp3) is 0.556. The highest BCUT2D eigenvalue weighted by Crippen LogP contribution is 2.23. The molecule has 1 aliphatic heterocycles. The monoisotopic (exact) mass is 300 g/mol. The van der Waals surface area contributed by atoms with Crippen LogP contribution in [0.2, 0.25) is 0 Å². The number of carbonyl (C=O) groups is 1. The van der Waals surface area contributed by atoms with Crippen molar-refractivity contribution >= 4 is 5.91 Å². The predicted molar refractivity (Wildman–Crippen MR) is 85.7 cm³/mol. The van der Waals surface area contributed by atoms with E-state index in [0.29, 0.717) is 13.0 Å². The van der Waals surface area contributed by atoms with Gasteiger partial charge in [0.15, 0.2) is 0 Å². The average molecular weight is 300 g/mol. The molecule has 1 aliphatic rings. The fourth-order valence-corrected chi connectivity index (χ4v) is 2.78. The molecule has 1 atom stereocenters. The largest absolute Gasteiger partial charge is 0.493 e. The maximum absolute atomic E-state index is 12.2. The van der Waals surface area contributed by atoms with E-state index in [4.69, 9.17) is 4.74 Å². The van der Waals surface area contributed by atoms with Crippen molar-refractivity contribution in [1.82, 2.24) is 4.90 Å². The third kappa shape index (κ3) is 3.79. The molecular formula is C18H24N2O2. The first kappa shape index (κ1) is 16.4. The number of likely N-dealkylation sites (tertiary alicyclic amines) is 1. The van der Waals surface area contributed by atoms with Crippen LogP contribution in [0.15, 0.2) is 12.1 Å². The number of hydrogen-bond acceptors (Lipinski definition) is 3. The van der Waals surface area contributed by atoms with Crippen molar-refractivity contribution in [1.29, 1.82) is 5.26 Å². The Kier molecular flexibility index (Phi) is 5.43. The van der Waals surface area contributed by atoms with Gasteiger partial charge in [0.25, 0.3) is 0 Å². The van der Waals surface area contributed by atoms with Gasteiger partial charge in [-0.25, -0.2) is 0 Å². The summed E-state index contributed by atoms with van der Waals surface area (Å²) in [6, 6.07) is 6.25. The first-order chi connectivity index (χ1) is 10.5. The zero-order valence-electron chi connectivity index (χ0n) is 13.7. The van der Waals surface area contributed by atoms with Crippen LogP contribution in [-0.4, -0.2) is 30.5 Å². The number of rotatable bonds is 5. The van der Waals surface area contributed by atoms with Crippen LogP contribution in [0.4, 0.5) is 0 Å². The Labute approximate surface area is 132 Å². The number of nitriles is 1. The van der Waals surface area contributed by atoms with Crippen LogP contribution >= 0.6 is 0 Å². The Morgan fingerprint density at radius 3 is 2.50 bits per heavy atom. The summed E-state index contributed by atoms with van der Waals surface area (Å²) >= 11 is 0. The van der Waals surface area contributed by atoms with Gasteiger partial charge in [-0.05, 0) is 56.4 Å².